The maximum atomic E-state index is 10.8. The monoisotopic (exact) mass is 302 g/mol. The largest absolute Gasteiger partial charge is 0.393 e. The molecule has 0 atom stereocenters. The third kappa shape index (κ3) is 3.29. The number of aryl methyl sites for hydroxylation is 2. The lowest BCUT2D eigenvalue weighted by atomic mass is 10.0. The van der Waals surface area contributed by atoms with E-state index in [1.807, 2.05) is 0 Å². The van der Waals surface area contributed by atoms with Crippen LogP contribution in [0, 0.1) is 20.2 Å². The lowest BCUT2D eigenvalue weighted by Gasteiger charge is -2.05. The number of nitro groups is 2. The van der Waals surface area contributed by atoms with Crippen LogP contribution in [0.1, 0.15) is 11.1 Å². The molecule has 0 fully saturated rings. The first kappa shape index (κ1) is 15.2. The van der Waals surface area contributed by atoms with E-state index >= 15 is 0 Å². The highest BCUT2D eigenvalue weighted by molar-refractivity contribution is 5.60. The molecule has 8 nitrogen and oxygen atoms in total. The minimum atomic E-state index is -0.535. The maximum absolute atomic E-state index is 10.8. The first-order chi connectivity index (χ1) is 10.4. The summed E-state index contributed by atoms with van der Waals surface area (Å²) in [6, 6.07) is 9.21. The fourth-order valence-corrected chi connectivity index (χ4v) is 2.09. The van der Waals surface area contributed by atoms with Crippen molar-refractivity contribution in [3.8, 4) is 0 Å². The van der Waals surface area contributed by atoms with Gasteiger partial charge in [-0.2, -0.15) is 0 Å². The van der Waals surface area contributed by atoms with Crippen LogP contribution in [0.5, 0.6) is 0 Å². The molecular weight excluding hydrogens is 288 g/mol. The van der Waals surface area contributed by atoms with Gasteiger partial charge in [-0.25, -0.2) is 0 Å². The molecule has 0 aliphatic rings. The fourth-order valence-electron chi connectivity index (χ4n) is 2.09. The molecule has 0 saturated carbocycles. The molecule has 0 aromatic heterocycles. The summed E-state index contributed by atoms with van der Waals surface area (Å²) in [5, 5.41) is 21.7. The molecule has 8 heteroatoms. The summed E-state index contributed by atoms with van der Waals surface area (Å²) in [6.45, 7) is 0. The van der Waals surface area contributed by atoms with Crippen molar-refractivity contribution in [2.24, 2.45) is 0 Å². The molecule has 0 amide bonds. The van der Waals surface area contributed by atoms with Crippen LogP contribution in [-0.2, 0) is 12.8 Å². The van der Waals surface area contributed by atoms with E-state index in [4.69, 9.17) is 11.5 Å². The van der Waals surface area contributed by atoms with Crippen LogP contribution in [0.3, 0.4) is 0 Å². The SMILES string of the molecule is Nc1ccc(CCc2ccc(N)c([N+](=O)[O-])c2)cc1[N+](=O)[O-]. The third-order valence-electron chi connectivity index (χ3n) is 3.29. The molecule has 0 bridgehead atoms. The van der Waals surface area contributed by atoms with E-state index in [0.29, 0.717) is 12.8 Å². The number of rotatable bonds is 5. The molecule has 0 aliphatic carbocycles. The number of anilines is 2. The molecule has 0 radical (unpaired) electrons. The second-order valence-corrected chi connectivity index (χ2v) is 4.80. The Bertz CT molecular complexity index is 682. The Morgan fingerprint density at radius 1 is 0.773 bits per heavy atom. The van der Waals surface area contributed by atoms with E-state index in [9.17, 15) is 20.2 Å². The van der Waals surface area contributed by atoms with E-state index in [2.05, 4.69) is 0 Å². The normalized spacial score (nSPS) is 10.4. The predicted octanol–water partition coefficient (Wildman–Crippen LogP) is 2.45. The van der Waals surface area contributed by atoms with E-state index in [1.165, 1.54) is 24.3 Å². The topological polar surface area (TPSA) is 138 Å². The van der Waals surface area contributed by atoms with Crippen molar-refractivity contribution >= 4 is 22.7 Å². The summed E-state index contributed by atoms with van der Waals surface area (Å²) in [4.78, 5) is 20.6. The number of hydrogen-bond donors (Lipinski definition) is 2. The van der Waals surface area contributed by atoms with E-state index in [-0.39, 0.29) is 22.7 Å². The quantitative estimate of drug-likeness (QED) is 0.494. The molecule has 0 saturated heterocycles. The molecule has 2 aromatic rings. The molecule has 114 valence electrons. The van der Waals surface area contributed by atoms with Crippen LogP contribution in [0.15, 0.2) is 36.4 Å². The first-order valence-corrected chi connectivity index (χ1v) is 6.44. The molecule has 4 N–H and O–H groups in total. The summed E-state index contributed by atoms with van der Waals surface area (Å²) < 4.78 is 0. The molecule has 0 heterocycles. The van der Waals surface area contributed by atoms with Gasteiger partial charge in [0.05, 0.1) is 9.85 Å². The van der Waals surface area contributed by atoms with Gasteiger partial charge in [-0.1, -0.05) is 12.1 Å². The molecule has 0 unspecified atom stereocenters. The van der Waals surface area contributed by atoms with Crippen LogP contribution in [-0.4, -0.2) is 9.85 Å². The van der Waals surface area contributed by atoms with Crippen molar-refractivity contribution in [3.05, 3.63) is 67.8 Å². The second-order valence-electron chi connectivity index (χ2n) is 4.80. The smallest absolute Gasteiger partial charge is 0.292 e. The van der Waals surface area contributed by atoms with Gasteiger partial charge in [-0.15, -0.1) is 0 Å². The standard InChI is InChI=1S/C14H14N4O4/c15-11-5-3-9(7-13(11)17(19)20)1-2-10-4-6-12(16)14(8-10)18(21)22/h3-8H,1-2,15-16H2. The molecule has 0 aliphatic heterocycles. The van der Waals surface area contributed by atoms with E-state index < -0.39 is 9.85 Å². The van der Waals surface area contributed by atoms with Gasteiger partial charge in [-0.3, -0.25) is 20.2 Å². The van der Waals surface area contributed by atoms with Crippen molar-refractivity contribution in [1.82, 2.24) is 0 Å². The Kier molecular flexibility index (Phi) is 4.21. The second kappa shape index (κ2) is 6.08. The number of nitro benzene ring substituents is 2. The summed E-state index contributed by atoms with van der Waals surface area (Å²) >= 11 is 0. The predicted molar refractivity (Wildman–Crippen MR) is 82.4 cm³/mol. The van der Waals surface area contributed by atoms with Crippen LogP contribution in [0.4, 0.5) is 22.7 Å². The molecule has 2 aromatic carbocycles. The van der Waals surface area contributed by atoms with E-state index in [1.54, 1.807) is 12.1 Å². The Balaban J connectivity index is 2.17. The number of nitrogens with two attached hydrogens (primary N) is 2. The summed E-state index contributed by atoms with van der Waals surface area (Å²) in [6.07, 6.45) is 1.00. The molecule has 0 spiro atoms. The Morgan fingerprint density at radius 3 is 1.45 bits per heavy atom. The number of hydrogen-bond acceptors (Lipinski definition) is 6. The average Bonchev–Trinajstić information content (AvgIpc) is 2.47. The first-order valence-electron chi connectivity index (χ1n) is 6.44. The van der Waals surface area contributed by atoms with Crippen molar-refractivity contribution < 1.29 is 9.85 Å². The minimum absolute atomic E-state index is 0.108. The number of nitrogen functional groups attached to an aromatic ring is 2. The van der Waals surface area contributed by atoms with Crippen LogP contribution >= 0.6 is 0 Å². The zero-order valence-corrected chi connectivity index (χ0v) is 11.6. The highest BCUT2D eigenvalue weighted by atomic mass is 16.6. The maximum Gasteiger partial charge on any atom is 0.292 e. The number of benzene rings is 2. The van der Waals surface area contributed by atoms with Gasteiger partial charge in [-0.05, 0) is 36.1 Å². The highest BCUT2D eigenvalue weighted by Crippen LogP contribution is 2.25. The van der Waals surface area contributed by atoms with Crippen molar-refractivity contribution in [2.45, 2.75) is 12.8 Å². The Morgan fingerprint density at radius 2 is 1.14 bits per heavy atom. The van der Waals surface area contributed by atoms with Gasteiger partial charge in [0.25, 0.3) is 11.4 Å². The molecular formula is C14H14N4O4. The third-order valence-corrected chi connectivity index (χ3v) is 3.29. The van der Waals surface area contributed by atoms with Gasteiger partial charge in [0.15, 0.2) is 0 Å². The van der Waals surface area contributed by atoms with Crippen LogP contribution < -0.4 is 11.5 Å². The minimum Gasteiger partial charge on any atom is -0.393 e. The molecule has 22 heavy (non-hydrogen) atoms. The van der Waals surface area contributed by atoms with Gasteiger partial charge in [0.1, 0.15) is 11.4 Å². The average molecular weight is 302 g/mol. The van der Waals surface area contributed by atoms with Crippen LogP contribution in [0.25, 0.3) is 0 Å². The van der Waals surface area contributed by atoms with Gasteiger partial charge >= 0.3 is 0 Å². The lowest BCUT2D eigenvalue weighted by Crippen LogP contribution is -2.00. The van der Waals surface area contributed by atoms with Gasteiger partial charge in [0, 0.05) is 12.1 Å². The van der Waals surface area contributed by atoms with Crippen molar-refractivity contribution in [3.63, 3.8) is 0 Å². The van der Waals surface area contributed by atoms with Crippen molar-refractivity contribution in [1.29, 1.82) is 0 Å². The van der Waals surface area contributed by atoms with Gasteiger partial charge < -0.3 is 11.5 Å². The van der Waals surface area contributed by atoms with Crippen molar-refractivity contribution in [2.75, 3.05) is 11.5 Å². The van der Waals surface area contributed by atoms with Gasteiger partial charge in [0.2, 0.25) is 0 Å². The molecule has 2 rings (SSSR count). The lowest BCUT2D eigenvalue weighted by molar-refractivity contribution is -0.384. The summed E-state index contributed by atoms with van der Waals surface area (Å²) in [5.41, 5.74) is 12.5. The summed E-state index contributed by atoms with van der Waals surface area (Å²) in [7, 11) is 0. The highest BCUT2D eigenvalue weighted by Gasteiger charge is 2.14. The van der Waals surface area contributed by atoms with E-state index in [0.717, 1.165) is 11.1 Å². The number of nitrogens with zero attached hydrogens (tertiary/aromatic N) is 2. The zero-order valence-electron chi connectivity index (χ0n) is 11.6. The van der Waals surface area contributed by atoms with Crippen LogP contribution in [0.2, 0.25) is 0 Å². The fraction of sp³-hybridized carbons (Fsp3) is 0.143. The Labute approximate surface area is 125 Å². The Hall–Kier alpha value is -3.16. The zero-order chi connectivity index (χ0) is 16.3. The summed E-state index contributed by atoms with van der Waals surface area (Å²) in [5.74, 6) is 0.